The van der Waals surface area contributed by atoms with Crippen molar-refractivity contribution in [3.63, 3.8) is 0 Å². The molecular weight excluding hydrogens is 1770 g/mol. The van der Waals surface area contributed by atoms with Crippen molar-refractivity contribution in [3.05, 3.63) is 353 Å². The van der Waals surface area contributed by atoms with Crippen LogP contribution in [-0.4, -0.2) is 181 Å². The lowest BCUT2D eigenvalue weighted by molar-refractivity contribution is 0.0506. The number of nitrogens with one attached hydrogen (secondary N) is 6. The van der Waals surface area contributed by atoms with E-state index < -0.39 is 71.6 Å². The second-order valence-electron chi connectivity index (χ2n) is 28.1. The molecule has 0 spiro atoms. The minimum Gasteiger partial charge on any atom is -0.462 e. The van der Waals surface area contributed by atoms with E-state index in [0.717, 1.165) is 33.4 Å². The first-order chi connectivity index (χ1) is 67.0. The number of esters is 12. The molecule has 12 aromatic rings. The number of benzene rings is 6. The predicted octanol–water partition coefficient (Wildman–Crippen LogP) is 21.2. The summed E-state index contributed by atoms with van der Waals surface area (Å²) in [5.74, 6) is -5.90. The lowest BCUT2D eigenvalue weighted by Gasteiger charge is -2.04. The lowest BCUT2D eigenvalue weighted by atomic mass is 10.1. The molecule has 720 valence electrons. The Hall–Kier alpha value is -16.9. The van der Waals surface area contributed by atoms with Crippen LogP contribution < -0.4 is 0 Å². The fourth-order valence-electron chi connectivity index (χ4n) is 12.6. The minimum absolute atomic E-state index is 0.238. The van der Waals surface area contributed by atoms with Crippen molar-refractivity contribution in [1.82, 2.24) is 29.9 Å². The number of H-pyrrole nitrogens is 6. The predicted molar refractivity (Wildman–Crippen MR) is 528 cm³/mol. The van der Waals surface area contributed by atoms with Crippen molar-refractivity contribution in [2.45, 2.75) is 83.1 Å². The number of carbonyl (C=O) groups is 12. The van der Waals surface area contributed by atoms with Gasteiger partial charge in [0, 0.05) is 70.6 Å². The Morgan fingerprint density at radius 1 is 0.167 bits per heavy atom. The molecule has 0 aliphatic rings. The third kappa shape index (κ3) is 33.4. The molecule has 6 heterocycles. The Morgan fingerprint density at radius 3 is 0.384 bits per heavy atom. The van der Waals surface area contributed by atoms with Crippen LogP contribution >= 0.6 is 0 Å². The number of aromatic nitrogens is 6. The first-order valence-electron chi connectivity index (χ1n) is 44.7. The van der Waals surface area contributed by atoms with Crippen molar-refractivity contribution in [2.75, 3.05) is 79.3 Å². The first kappa shape index (κ1) is 108. The van der Waals surface area contributed by atoms with E-state index >= 15 is 0 Å². The summed E-state index contributed by atoms with van der Waals surface area (Å²) in [5.41, 5.74) is 11.8. The maximum absolute atomic E-state index is 12.0. The third-order valence-corrected chi connectivity index (χ3v) is 18.8. The molecule has 0 aliphatic carbocycles. The standard InChI is InChI=1S/6C18H19NO4/c6*1-3-22-17(20)15-12-19-16(18(21)23-4-2)14(15)11-10-13-8-6-5-7-9-13/h6*5-12,19H,3-4H2,1-2H3/b6*11-10-. The summed E-state index contributed by atoms with van der Waals surface area (Å²) >= 11 is 0. The van der Waals surface area contributed by atoms with Crippen molar-refractivity contribution >= 4 is 145 Å². The van der Waals surface area contributed by atoms with Crippen LogP contribution in [0.3, 0.4) is 0 Å². The number of aromatic amines is 6. The number of rotatable bonds is 36. The summed E-state index contributed by atoms with van der Waals surface area (Å²) in [6, 6.07) is 57.6. The quantitative estimate of drug-likeness (QED) is 0.0157. The van der Waals surface area contributed by atoms with Crippen molar-refractivity contribution in [2.24, 2.45) is 0 Å². The molecule has 0 saturated heterocycles. The summed E-state index contributed by atoms with van der Waals surface area (Å²) in [7, 11) is 0. The molecule has 0 atom stereocenters. The molecule has 6 aromatic heterocycles. The van der Waals surface area contributed by atoms with Gasteiger partial charge >= 0.3 is 71.6 Å². The number of carbonyl (C=O) groups excluding carboxylic acids is 12. The van der Waals surface area contributed by atoms with E-state index in [9.17, 15) is 57.5 Å². The maximum Gasteiger partial charge on any atom is 0.355 e. The van der Waals surface area contributed by atoms with Crippen LogP contribution in [0.2, 0.25) is 0 Å². The molecule has 30 heteroatoms. The molecule has 0 bridgehead atoms. The van der Waals surface area contributed by atoms with Crippen LogP contribution in [0.15, 0.2) is 219 Å². The molecule has 0 fully saturated rings. The van der Waals surface area contributed by atoms with E-state index in [1.165, 1.54) is 37.2 Å². The zero-order chi connectivity index (χ0) is 99.9. The van der Waals surface area contributed by atoms with Crippen LogP contribution in [-0.2, 0) is 56.8 Å². The highest BCUT2D eigenvalue weighted by Crippen LogP contribution is 2.28. The van der Waals surface area contributed by atoms with Gasteiger partial charge in [0.25, 0.3) is 0 Å². The summed E-state index contributed by atoms with van der Waals surface area (Å²) < 4.78 is 60.3. The molecule has 6 aromatic carbocycles. The van der Waals surface area contributed by atoms with E-state index in [1.807, 2.05) is 218 Å². The van der Waals surface area contributed by atoms with E-state index in [4.69, 9.17) is 56.8 Å². The highest BCUT2D eigenvalue weighted by molar-refractivity contribution is 6.07. The molecule has 0 aliphatic heterocycles. The summed E-state index contributed by atoms with van der Waals surface area (Å²) in [6.07, 6.45) is 30.0. The number of hydrogen-bond acceptors (Lipinski definition) is 24. The lowest BCUT2D eigenvalue weighted by Crippen LogP contribution is -2.09. The summed E-state index contributed by atoms with van der Waals surface area (Å²) in [5, 5.41) is 0. The molecular formula is C108H114N6O24. The minimum atomic E-state index is -0.504. The van der Waals surface area contributed by atoms with Gasteiger partial charge in [0.1, 0.15) is 34.2 Å². The smallest absolute Gasteiger partial charge is 0.355 e. The Kier molecular flexibility index (Phi) is 46.7. The van der Waals surface area contributed by atoms with Gasteiger partial charge in [-0.25, -0.2) is 57.5 Å². The molecule has 0 saturated carbocycles. The van der Waals surface area contributed by atoms with Crippen LogP contribution in [0.4, 0.5) is 0 Å². The molecule has 0 amide bonds. The van der Waals surface area contributed by atoms with Crippen LogP contribution in [0.1, 0.15) is 275 Å². The van der Waals surface area contributed by atoms with Crippen LogP contribution in [0.5, 0.6) is 0 Å². The second-order valence-corrected chi connectivity index (χ2v) is 28.1. The Morgan fingerprint density at radius 2 is 0.275 bits per heavy atom. The molecule has 6 N–H and O–H groups in total. The number of ether oxygens (including phenoxy) is 12. The zero-order valence-electron chi connectivity index (χ0n) is 79.0. The first-order valence-corrected chi connectivity index (χ1v) is 44.7. The van der Waals surface area contributed by atoms with Gasteiger partial charge in [-0.05, 0) is 116 Å². The Bertz CT molecular complexity index is 4950. The van der Waals surface area contributed by atoms with E-state index in [-0.39, 0.29) is 113 Å². The largest absolute Gasteiger partial charge is 0.462 e. The summed E-state index contributed by atoms with van der Waals surface area (Å²) in [4.78, 5) is 161. The second kappa shape index (κ2) is 59.6. The normalized spacial score (nSPS) is 10.7. The van der Waals surface area contributed by atoms with Crippen molar-refractivity contribution in [1.29, 1.82) is 0 Å². The number of hydrogen-bond donors (Lipinski definition) is 6. The Balaban J connectivity index is 0.000000225. The van der Waals surface area contributed by atoms with Crippen molar-refractivity contribution in [3.8, 4) is 0 Å². The van der Waals surface area contributed by atoms with Crippen LogP contribution in [0, 0.1) is 0 Å². The fourth-order valence-corrected chi connectivity index (χ4v) is 12.6. The van der Waals surface area contributed by atoms with Gasteiger partial charge in [-0.2, -0.15) is 0 Å². The third-order valence-electron chi connectivity index (χ3n) is 18.8. The van der Waals surface area contributed by atoms with E-state index in [2.05, 4.69) is 29.9 Å². The molecule has 0 radical (unpaired) electrons. The monoisotopic (exact) mass is 1880 g/mol. The van der Waals surface area contributed by atoms with Gasteiger partial charge in [-0.15, -0.1) is 0 Å². The van der Waals surface area contributed by atoms with Gasteiger partial charge in [-0.1, -0.05) is 255 Å². The Labute approximate surface area is 800 Å². The van der Waals surface area contributed by atoms with Gasteiger partial charge in [-0.3, -0.25) is 0 Å². The summed E-state index contributed by atoms with van der Waals surface area (Å²) in [6.45, 7) is 23.9. The average molecular weight is 1880 g/mol. The topological polar surface area (TPSA) is 410 Å². The maximum atomic E-state index is 12.0. The van der Waals surface area contributed by atoms with Gasteiger partial charge in [0.2, 0.25) is 0 Å². The highest BCUT2D eigenvalue weighted by Gasteiger charge is 2.28. The molecule has 0 unspecified atom stereocenters. The van der Waals surface area contributed by atoms with Crippen LogP contribution in [0.25, 0.3) is 72.9 Å². The fraction of sp³-hybridized carbons (Fsp3) is 0.222. The SMILES string of the molecule is CCOC(=O)c1c[nH]c(C(=O)OCC)c1/C=C\c1ccccc1.CCOC(=O)c1c[nH]c(C(=O)OCC)c1/C=C\c1ccccc1.CCOC(=O)c1c[nH]c(C(=O)OCC)c1/C=C\c1ccccc1.CCOC(=O)c1c[nH]c(C(=O)OCC)c1/C=C\c1ccccc1.CCOC(=O)c1c[nH]c(C(=O)OCC)c1/C=C\c1ccccc1.CCOC(=O)c1c[nH]c(C(=O)OCC)c1/C=C\c1ccccc1. The van der Waals surface area contributed by atoms with Crippen molar-refractivity contribution < 1.29 is 114 Å². The average Bonchev–Trinajstić information content (AvgIpc) is 1.71. The highest BCUT2D eigenvalue weighted by atomic mass is 16.6. The molecule has 12 rings (SSSR count). The van der Waals surface area contributed by atoms with Gasteiger partial charge in [0.15, 0.2) is 0 Å². The molecule has 138 heavy (non-hydrogen) atoms. The zero-order valence-corrected chi connectivity index (χ0v) is 79.0. The van der Waals surface area contributed by atoms with E-state index in [0.29, 0.717) is 66.8 Å². The molecule has 30 nitrogen and oxygen atoms in total. The van der Waals surface area contributed by atoms with E-state index in [1.54, 1.807) is 120 Å². The van der Waals surface area contributed by atoms with Gasteiger partial charge < -0.3 is 86.7 Å². The van der Waals surface area contributed by atoms with Gasteiger partial charge in [0.05, 0.1) is 113 Å².